The van der Waals surface area contributed by atoms with Gasteiger partial charge in [-0.3, -0.25) is 4.79 Å². The molecule has 1 heterocycles. The molecule has 1 aromatic carbocycles. The molecule has 0 aliphatic heterocycles. The van der Waals surface area contributed by atoms with Crippen molar-refractivity contribution in [2.75, 3.05) is 0 Å². The normalized spacial score (nSPS) is 10.3. The summed E-state index contributed by atoms with van der Waals surface area (Å²) in [6.07, 6.45) is 0.0398. The summed E-state index contributed by atoms with van der Waals surface area (Å²) in [5.41, 5.74) is 0.772. The third kappa shape index (κ3) is 3.85. The van der Waals surface area contributed by atoms with Crippen LogP contribution < -0.4 is 4.74 Å². The van der Waals surface area contributed by atoms with Gasteiger partial charge in [0.15, 0.2) is 0 Å². The Morgan fingerprint density at radius 1 is 1.22 bits per heavy atom. The summed E-state index contributed by atoms with van der Waals surface area (Å²) in [6.45, 7) is 0.522. The summed E-state index contributed by atoms with van der Waals surface area (Å²) in [5.74, 6) is -0.0826. The van der Waals surface area contributed by atoms with Gasteiger partial charge >= 0.3 is 5.97 Å². The van der Waals surface area contributed by atoms with Crippen molar-refractivity contribution < 1.29 is 14.6 Å². The monoisotopic (exact) mass is 326 g/mol. The minimum absolute atomic E-state index is 0.0398. The molecule has 0 fully saturated rings. The molecule has 18 heavy (non-hydrogen) atoms. The molecule has 0 amide bonds. The SMILES string of the molecule is O=C(O)Cc1ccc(OCc2ccc(Br)s2)cc1. The molecule has 0 saturated carbocycles. The van der Waals surface area contributed by atoms with Crippen LogP contribution in [0.1, 0.15) is 10.4 Å². The van der Waals surface area contributed by atoms with Gasteiger partial charge in [0.2, 0.25) is 0 Å². The van der Waals surface area contributed by atoms with Crippen molar-refractivity contribution >= 4 is 33.2 Å². The zero-order chi connectivity index (χ0) is 13.0. The van der Waals surface area contributed by atoms with Gasteiger partial charge in [-0.15, -0.1) is 11.3 Å². The first-order valence-corrected chi connectivity index (χ1v) is 6.92. The number of thiophene rings is 1. The van der Waals surface area contributed by atoms with Crippen LogP contribution in [-0.4, -0.2) is 11.1 Å². The molecule has 0 unspecified atom stereocenters. The quantitative estimate of drug-likeness (QED) is 0.910. The van der Waals surface area contributed by atoms with Gasteiger partial charge in [-0.2, -0.15) is 0 Å². The minimum Gasteiger partial charge on any atom is -0.488 e. The lowest BCUT2D eigenvalue weighted by Crippen LogP contribution is -2.00. The van der Waals surface area contributed by atoms with E-state index in [1.807, 2.05) is 12.1 Å². The Morgan fingerprint density at radius 2 is 1.94 bits per heavy atom. The van der Waals surface area contributed by atoms with Crippen LogP contribution in [-0.2, 0) is 17.8 Å². The molecule has 1 aromatic heterocycles. The van der Waals surface area contributed by atoms with Gasteiger partial charge in [0, 0.05) is 4.88 Å². The Hall–Kier alpha value is -1.33. The van der Waals surface area contributed by atoms with Crippen molar-refractivity contribution in [3.8, 4) is 5.75 Å². The number of carboxylic acid groups (broad SMARTS) is 1. The van der Waals surface area contributed by atoms with Crippen LogP contribution in [0.3, 0.4) is 0 Å². The summed E-state index contributed by atoms with van der Waals surface area (Å²) in [6, 6.07) is 11.1. The Bertz CT molecular complexity index is 533. The molecular weight excluding hydrogens is 316 g/mol. The first-order valence-electron chi connectivity index (χ1n) is 5.31. The second kappa shape index (κ2) is 6.02. The Labute approximate surface area is 117 Å². The predicted octanol–water partition coefficient (Wildman–Crippen LogP) is 3.72. The smallest absolute Gasteiger partial charge is 0.307 e. The van der Waals surface area contributed by atoms with E-state index in [0.717, 1.165) is 20.0 Å². The maximum absolute atomic E-state index is 10.5. The number of halogens is 1. The lowest BCUT2D eigenvalue weighted by atomic mass is 10.1. The first kappa shape index (κ1) is 13.1. The van der Waals surface area contributed by atoms with Crippen LogP contribution in [0.15, 0.2) is 40.2 Å². The lowest BCUT2D eigenvalue weighted by Gasteiger charge is -2.05. The number of benzene rings is 1. The fourth-order valence-corrected chi connectivity index (χ4v) is 2.86. The molecule has 0 saturated heterocycles. The largest absolute Gasteiger partial charge is 0.488 e. The van der Waals surface area contributed by atoms with Crippen molar-refractivity contribution in [2.45, 2.75) is 13.0 Å². The first-order chi connectivity index (χ1) is 8.63. The van der Waals surface area contributed by atoms with E-state index in [1.165, 1.54) is 0 Å². The maximum Gasteiger partial charge on any atom is 0.307 e. The maximum atomic E-state index is 10.5. The van der Waals surface area contributed by atoms with Gasteiger partial charge in [-0.25, -0.2) is 0 Å². The summed E-state index contributed by atoms with van der Waals surface area (Å²) in [5, 5.41) is 8.66. The van der Waals surface area contributed by atoms with Crippen molar-refractivity contribution in [3.05, 3.63) is 50.6 Å². The van der Waals surface area contributed by atoms with Gasteiger partial charge < -0.3 is 9.84 Å². The fourth-order valence-electron chi connectivity index (χ4n) is 1.46. The van der Waals surface area contributed by atoms with Crippen molar-refractivity contribution in [2.24, 2.45) is 0 Å². The van der Waals surface area contributed by atoms with Crippen molar-refractivity contribution in [1.29, 1.82) is 0 Å². The van der Waals surface area contributed by atoms with Gasteiger partial charge in [-0.05, 0) is 45.8 Å². The average Bonchev–Trinajstić information content (AvgIpc) is 2.74. The van der Waals surface area contributed by atoms with Crippen LogP contribution in [0, 0.1) is 0 Å². The Kier molecular flexibility index (Phi) is 4.38. The third-order valence-electron chi connectivity index (χ3n) is 2.29. The van der Waals surface area contributed by atoms with E-state index in [9.17, 15) is 4.79 Å². The molecule has 0 atom stereocenters. The van der Waals surface area contributed by atoms with Crippen LogP contribution in [0.5, 0.6) is 5.75 Å². The van der Waals surface area contributed by atoms with Gasteiger partial charge in [0.1, 0.15) is 12.4 Å². The molecule has 3 nitrogen and oxygen atoms in total. The molecular formula is C13H11BrO3S. The molecule has 5 heteroatoms. The van der Waals surface area contributed by atoms with E-state index >= 15 is 0 Å². The summed E-state index contributed by atoms with van der Waals surface area (Å²) in [7, 11) is 0. The summed E-state index contributed by atoms with van der Waals surface area (Å²) >= 11 is 5.03. The highest BCUT2D eigenvalue weighted by molar-refractivity contribution is 9.11. The van der Waals surface area contributed by atoms with Gasteiger partial charge in [-0.1, -0.05) is 12.1 Å². The van der Waals surface area contributed by atoms with E-state index in [2.05, 4.69) is 15.9 Å². The topological polar surface area (TPSA) is 46.5 Å². The van der Waals surface area contributed by atoms with E-state index in [1.54, 1.807) is 35.6 Å². The number of rotatable bonds is 5. The molecule has 94 valence electrons. The van der Waals surface area contributed by atoms with Crippen LogP contribution in [0.2, 0.25) is 0 Å². The Balaban J connectivity index is 1.92. The molecule has 2 rings (SSSR count). The minimum atomic E-state index is -0.827. The Morgan fingerprint density at radius 3 is 2.50 bits per heavy atom. The van der Waals surface area contributed by atoms with E-state index in [4.69, 9.17) is 9.84 Å². The van der Waals surface area contributed by atoms with Crippen LogP contribution >= 0.6 is 27.3 Å². The molecule has 0 bridgehead atoms. The van der Waals surface area contributed by atoms with Crippen molar-refractivity contribution in [3.63, 3.8) is 0 Å². The summed E-state index contributed by atoms with van der Waals surface area (Å²) in [4.78, 5) is 11.7. The highest BCUT2D eigenvalue weighted by Gasteiger charge is 2.02. The number of ether oxygens (including phenoxy) is 1. The molecule has 0 spiro atoms. The molecule has 1 N–H and O–H groups in total. The highest BCUT2D eigenvalue weighted by atomic mass is 79.9. The highest BCUT2D eigenvalue weighted by Crippen LogP contribution is 2.23. The zero-order valence-corrected chi connectivity index (χ0v) is 11.8. The number of hydrogen-bond acceptors (Lipinski definition) is 3. The standard InChI is InChI=1S/C13H11BrO3S/c14-12-6-5-11(18-12)8-17-10-3-1-9(2-4-10)7-13(15)16/h1-6H,7-8H2,(H,15,16). The molecule has 2 aromatic rings. The second-order valence-electron chi connectivity index (χ2n) is 3.71. The fraction of sp³-hybridized carbons (Fsp3) is 0.154. The third-order valence-corrected chi connectivity index (χ3v) is 3.89. The van der Waals surface area contributed by atoms with Crippen LogP contribution in [0.25, 0.3) is 0 Å². The van der Waals surface area contributed by atoms with E-state index in [-0.39, 0.29) is 6.42 Å². The number of hydrogen-bond donors (Lipinski definition) is 1. The predicted molar refractivity (Wildman–Crippen MR) is 74.1 cm³/mol. The number of carboxylic acids is 1. The molecule has 0 aliphatic carbocycles. The van der Waals surface area contributed by atoms with Gasteiger partial charge in [0.25, 0.3) is 0 Å². The summed E-state index contributed by atoms with van der Waals surface area (Å²) < 4.78 is 6.69. The lowest BCUT2D eigenvalue weighted by molar-refractivity contribution is -0.136. The van der Waals surface area contributed by atoms with E-state index < -0.39 is 5.97 Å². The average molecular weight is 327 g/mol. The zero-order valence-electron chi connectivity index (χ0n) is 9.43. The van der Waals surface area contributed by atoms with E-state index in [0.29, 0.717) is 6.61 Å². The van der Waals surface area contributed by atoms with Crippen LogP contribution in [0.4, 0.5) is 0 Å². The molecule has 0 radical (unpaired) electrons. The number of carbonyl (C=O) groups is 1. The number of aliphatic carboxylic acids is 1. The van der Waals surface area contributed by atoms with Gasteiger partial charge in [0.05, 0.1) is 10.2 Å². The van der Waals surface area contributed by atoms with Crippen molar-refractivity contribution in [1.82, 2.24) is 0 Å². The molecule has 0 aliphatic rings. The second-order valence-corrected chi connectivity index (χ2v) is 6.26.